The normalized spacial score (nSPS) is 23.7. The third-order valence-corrected chi connectivity index (χ3v) is 4.38. The van der Waals surface area contributed by atoms with Crippen molar-refractivity contribution in [2.45, 2.75) is 58.9 Å². The number of carboxylic acids is 1. The van der Waals surface area contributed by atoms with Gasteiger partial charge in [0.1, 0.15) is 0 Å². The molecule has 0 spiro atoms. The minimum Gasteiger partial charge on any atom is -0.481 e. The maximum absolute atomic E-state index is 12.3. The number of amides is 1. The zero-order valence-corrected chi connectivity index (χ0v) is 12.9. The number of hydrogen-bond donors (Lipinski definition) is 2. The van der Waals surface area contributed by atoms with E-state index >= 15 is 0 Å². The number of carbonyl (C=O) groups excluding carboxylic acids is 1. The van der Waals surface area contributed by atoms with E-state index in [-0.39, 0.29) is 23.3 Å². The zero-order chi connectivity index (χ0) is 15.3. The number of carbonyl (C=O) groups is 2. The van der Waals surface area contributed by atoms with Crippen molar-refractivity contribution in [3.63, 3.8) is 0 Å². The highest BCUT2D eigenvalue weighted by molar-refractivity contribution is 5.77. The van der Waals surface area contributed by atoms with Crippen LogP contribution in [-0.2, 0) is 9.59 Å². The van der Waals surface area contributed by atoms with Gasteiger partial charge in [0.25, 0.3) is 0 Å². The monoisotopic (exact) mass is 284 g/mol. The van der Waals surface area contributed by atoms with Gasteiger partial charge in [0.15, 0.2) is 0 Å². The predicted molar refractivity (Wildman–Crippen MR) is 78.2 cm³/mol. The molecule has 5 nitrogen and oxygen atoms in total. The van der Waals surface area contributed by atoms with Gasteiger partial charge in [-0.15, -0.1) is 0 Å². The van der Waals surface area contributed by atoms with Gasteiger partial charge in [-0.3, -0.25) is 9.59 Å². The summed E-state index contributed by atoms with van der Waals surface area (Å²) in [4.78, 5) is 25.1. The van der Waals surface area contributed by atoms with E-state index < -0.39 is 5.97 Å². The van der Waals surface area contributed by atoms with Crippen LogP contribution in [0.15, 0.2) is 0 Å². The second-order valence-electron chi connectivity index (χ2n) is 6.70. The summed E-state index contributed by atoms with van der Waals surface area (Å²) in [6.07, 6.45) is 3.39. The fraction of sp³-hybridized carbons (Fsp3) is 0.867. The van der Waals surface area contributed by atoms with Crippen molar-refractivity contribution >= 4 is 11.9 Å². The first-order valence-electron chi connectivity index (χ1n) is 7.49. The predicted octanol–water partition coefficient (Wildman–Crippen LogP) is 1.85. The van der Waals surface area contributed by atoms with E-state index in [1.165, 1.54) is 0 Å². The van der Waals surface area contributed by atoms with E-state index in [0.717, 1.165) is 12.8 Å². The summed E-state index contributed by atoms with van der Waals surface area (Å²) in [6, 6.07) is 0.0231. The number of hydrogen-bond acceptors (Lipinski definition) is 3. The highest BCUT2D eigenvalue weighted by Gasteiger charge is 2.32. The van der Waals surface area contributed by atoms with Crippen LogP contribution in [0.3, 0.4) is 0 Å². The molecule has 1 rings (SSSR count). The molecule has 1 aliphatic rings. The van der Waals surface area contributed by atoms with Gasteiger partial charge in [-0.05, 0) is 44.6 Å². The maximum atomic E-state index is 12.3. The third-order valence-electron chi connectivity index (χ3n) is 4.38. The number of piperidine rings is 1. The zero-order valence-electron chi connectivity index (χ0n) is 12.9. The van der Waals surface area contributed by atoms with Crippen LogP contribution in [0.1, 0.15) is 52.9 Å². The third kappa shape index (κ3) is 4.78. The molecule has 1 heterocycles. The van der Waals surface area contributed by atoms with Crippen LogP contribution in [0, 0.1) is 11.3 Å². The second kappa shape index (κ2) is 7.07. The van der Waals surface area contributed by atoms with E-state index in [1.807, 2.05) is 11.8 Å². The van der Waals surface area contributed by atoms with Crippen LogP contribution in [0.4, 0.5) is 0 Å². The Morgan fingerprint density at radius 1 is 1.35 bits per heavy atom. The quantitative estimate of drug-likeness (QED) is 0.779. The van der Waals surface area contributed by atoms with E-state index in [2.05, 4.69) is 13.8 Å². The molecule has 20 heavy (non-hydrogen) atoms. The number of likely N-dealkylation sites (tertiary alicyclic amines) is 1. The van der Waals surface area contributed by atoms with Crippen molar-refractivity contribution in [3.05, 3.63) is 0 Å². The van der Waals surface area contributed by atoms with E-state index in [1.54, 1.807) is 0 Å². The van der Waals surface area contributed by atoms with Gasteiger partial charge >= 0.3 is 5.97 Å². The van der Waals surface area contributed by atoms with Gasteiger partial charge in [0, 0.05) is 19.0 Å². The van der Waals surface area contributed by atoms with E-state index in [0.29, 0.717) is 32.4 Å². The smallest absolute Gasteiger partial charge is 0.306 e. The van der Waals surface area contributed by atoms with Gasteiger partial charge in [-0.2, -0.15) is 0 Å². The molecule has 1 saturated heterocycles. The molecule has 1 aliphatic heterocycles. The first-order valence-corrected chi connectivity index (χ1v) is 7.49. The lowest BCUT2D eigenvalue weighted by molar-refractivity contribution is -0.147. The summed E-state index contributed by atoms with van der Waals surface area (Å²) >= 11 is 0. The molecule has 0 aromatic rings. The molecule has 0 aliphatic carbocycles. The lowest BCUT2D eigenvalue weighted by atomic mass is 9.84. The van der Waals surface area contributed by atoms with Crippen molar-refractivity contribution in [1.82, 2.24) is 4.90 Å². The molecule has 0 aromatic heterocycles. The highest BCUT2D eigenvalue weighted by atomic mass is 16.4. The number of rotatable bonds is 6. The standard InChI is InChI=1S/C15H28N2O3/c1-11-10-12(14(19)20)5-9-17(11)13(18)4-6-15(2,3)7-8-16/h11-12H,4-10,16H2,1-3H3,(H,19,20). The molecule has 1 amide bonds. The van der Waals surface area contributed by atoms with Gasteiger partial charge in [0.2, 0.25) is 5.91 Å². The second-order valence-corrected chi connectivity index (χ2v) is 6.70. The topological polar surface area (TPSA) is 83.6 Å². The number of carboxylic acid groups (broad SMARTS) is 1. The Bertz CT molecular complexity index is 355. The molecule has 5 heteroatoms. The molecule has 1 fully saturated rings. The summed E-state index contributed by atoms with van der Waals surface area (Å²) in [5, 5.41) is 9.03. The summed E-state index contributed by atoms with van der Waals surface area (Å²) in [5.74, 6) is -0.901. The average molecular weight is 284 g/mol. The summed E-state index contributed by atoms with van der Waals surface area (Å²) in [6.45, 7) is 7.41. The number of nitrogens with two attached hydrogens (primary N) is 1. The summed E-state index contributed by atoms with van der Waals surface area (Å²) in [5.41, 5.74) is 5.67. The van der Waals surface area contributed by atoms with Crippen LogP contribution >= 0.6 is 0 Å². The number of aliphatic carboxylic acids is 1. The average Bonchev–Trinajstić information content (AvgIpc) is 2.35. The largest absolute Gasteiger partial charge is 0.481 e. The first kappa shape index (κ1) is 17.0. The van der Waals surface area contributed by atoms with Crippen molar-refractivity contribution in [2.24, 2.45) is 17.1 Å². The van der Waals surface area contributed by atoms with Crippen molar-refractivity contribution in [3.8, 4) is 0 Å². The molecular weight excluding hydrogens is 256 g/mol. The Labute approximate surface area is 121 Å². The lowest BCUT2D eigenvalue weighted by Crippen LogP contribution is -2.46. The van der Waals surface area contributed by atoms with Crippen LogP contribution < -0.4 is 5.73 Å². The van der Waals surface area contributed by atoms with Crippen LogP contribution in [0.2, 0.25) is 0 Å². The van der Waals surface area contributed by atoms with Crippen LogP contribution in [0.25, 0.3) is 0 Å². The molecular formula is C15H28N2O3. The van der Waals surface area contributed by atoms with Gasteiger partial charge in [0.05, 0.1) is 5.92 Å². The van der Waals surface area contributed by atoms with Gasteiger partial charge < -0.3 is 15.7 Å². The Kier molecular flexibility index (Phi) is 5.99. The Hall–Kier alpha value is -1.10. The molecule has 0 aromatic carbocycles. The molecule has 2 atom stereocenters. The van der Waals surface area contributed by atoms with E-state index in [9.17, 15) is 9.59 Å². The lowest BCUT2D eigenvalue weighted by Gasteiger charge is -2.37. The van der Waals surface area contributed by atoms with Crippen molar-refractivity contribution in [2.75, 3.05) is 13.1 Å². The Morgan fingerprint density at radius 3 is 2.50 bits per heavy atom. The van der Waals surface area contributed by atoms with E-state index in [4.69, 9.17) is 10.8 Å². The van der Waals surface area contributed by atoms with Crippen molar-refractivity contribution in [1.29, 1.82) is 0 Å². The fourth-order valence-corrected chi connectivity index (χ4v) is 2.87. The van der Waals surface area contributed by atoms with Crippen LogP contribution in [-0.4, -0.2) is 41.0 Å². The highest BCUT2D eigenvalue weighted by Crippen LogP contribution is 2.28. The number of nitrogens with zero attached hydrogens (tertiary/aromatic N) is 1. The minimum absolute atomic E-state index is 0.0231. The van der Waals surface area contributed by atoms with Gasteiger partial charge in [-0.25, -0.2) is 0 Å². The molecule has 0 bridgehead atoms. The SMILES string of the molecule is CC1CC(C(=O)O)CCN1C(=O)CCC(C)(C)CCN. The first-order chi connectivity index (χ1) is 9.26. The fourth-order valence-electron chi connectivity index (χ4n) is 2.87. The molecule has 116 valence electrons. The van der Waals surface area contributed by atoms with Gasteiger partial charge in [-0.1, -0.05) is 13.8 Å². The summed E-state index contributed by atoms with van der Waals surface area (Å²) in [7, 11) is 0. The van der Waals surface area contributed by atoms with Crippen molar-refractivity contribution < 1.29 is 14.7 Å². The molecule has 0 saturated carbocycles. The maximum Gasteiger partial charge on any atom is 0.306 e. The molecule has 3 N–H and O–H groups in total. The summed E-state index contributed by atoms with van der Waals surface area (Å²) < 4.78 is 0. The minimum atomic E-state index is -0.743. The molecule has 2 unspecified atom stereocenters. The molecule has 0 radical (unpaired) electrons. The Morgan fingerprint density at radius 2 is 2.00 bits per heavy atom. The van der Waals surface area contributed by atoms with Crippen LogP contribution in [0.5, 0.6) is 0 Å². The Balaban J connectivity index is 2.47.